The molecule has 7 heteroatoms. The Morgan fingerprint density at radius 2 is 2.00 bits per heavy atom. The molecular weight excluding hydrogens is 271 g/mol. The summed E-state index contributed by atoms with van der Waals surface area (Å²) in [4.78, 5) is 0. The van der Waals surface area contributed by atoms with Crippen molar-refractivity contribution in [2.24, 2.45) is 0 Å². The Hall–Kier alpha value is -1.01. The van der Waals surface area contributed by atoms with Gasteiger partial charge in [-0.2, -0.15) is 0 Å². The fourth-order valence-electron chi connectivity index (χ4n) is 1.34. The van der Waals surface area contributed by atoms with E-state index in [1.165, 1.54) is 32.4 Å². The molecule has 0 radical (unpaired) electrons. The second-order valence-corrected chi connectivity index (χ2v) is 6.10. The van der Waals surface area contributed by atoms with Crippen molar-refractivity contribution in [1.29, 1.82) is 0 Å². The molecule has 0 bridgehead atoms. The summed E-state index contributed by atoms with van der Waals surface area (Å²) in [5.74, 6) is -0.0826. The molecule has 96 valence electrons. The quantitative estimate of drug-likeness (QED) is 0.778. The fraction of sp³-hybridized carbons (Fsp3) is 0.400. The smallest absolute Gasteiger partial charge is 0.235 e. The van der Waals surface area contributed by atoms with Crippen molar-refractivity contribution >= 4 is 19.7 Å². The molecule has 0 aliphatic rings. The molecule has 0 saturated carbocycles. The molecule has 4 nitrogen and oxygen atoms in total. The van der Waals surface area contributed by atoms with Crippen LogP contribution in [-0.2, 0) is 9.05 Å². The summed E-state index contributed by atoms with van der Waals surface area (Å²) in [6.07, 6.45) is -1.74. The van der Waals surface area contributed by atoms with E-state index in [9.17, 15) is 12.8 Å². The van der Waals surface area contributed by atoms with Crippen LogP contribution in [0.25, 0.3) is 0 Å². The summed E-state index contributed by atoms with van der Waals surface area (Å²) in [6.45, 7) is 0. The van der Waals surface area contributed by atoms with Gasteiger partial charge in [0.25, 0.3) is 0 Å². The number of ether oxygens (including phenoxy) is 2. The van der Waals surface area contributed by atoms with Crippen LogP contribution in [-0.4, -0.2) is 28.4 Å². The first-order valence-electron chi connectivity index (χ1n) is 4.65. The van der Waals surface area contributed by atoms with Crippen LogP contribution < -0.4 is 9.47 Å². The van der Waals surface area contributed by atoms with E-state index >= 15 is 0 Å². The average molecular weight is 283 g/mol. The largest absolute Gasteiger partial charge is 0.497 e. The minimum Gasteiger partial charge on any atom is -0.497 e. The summed E-state index contributed by atoms with van der Waals surface area (Å²) in [5, 5.41) is 0. The van der Waals surface area contributed by atoms with Crippen molar-refractivity contribution in [2.45, 2.75) is 6.17 Å². The van der Waals surface area contributed by atoms with E-state index in [0.29, 0.717) is 5.75 Å². The van der Waals surface area contributed by atoms with Crippen molar-refractivity contribution in [2.75, 3.05) is 20.0 Å². The van der Waals surface area contributed by atoms with Crippen LogP contribution in [0, 0.1) is 0 Å². The van der Waals surface area contributed by atoms with Gasteiger partial charge in [-0.1, -0.05) is 0 Å². The number of rotatable bonds is 5. The highest BCUT2D eigenvalue weighted by atomic mass is 35.7. The highest BCUT2D eigenvalue weighted by Crippen LogP contribution is 2.32. The Balaban J connectivity index is 3.04. The van der Waals surface area contributed by atoms with Crippen molar-refractivity contribution < 1.29 is 22.3 Å². The molecule has 0 saturated heterocycles. The minimum atomic E-state index is -3.90. The number of hydrogen-bond donors (Lipinski definition) is 0. The molecule has 17 heavy (non-hydrogen) atoms. The van der Waals surface area contributed by atoms with Gasteiger partial charge in [0.1, 0.15) is 23.4 Å². The lowest BCUT2D eigenvalue weighted by Gasteiger charge is -2.12. The van der Waals surface area contributed by atoms with Gasteiger partial charge in [-0.05, 0) is 12.1 Å². The zero-order valence-corrected chi connectivity index (χ0v) is 10.9. The van der Waals surface area contributed by atoms with Gasteiger partial charge < -0.3 is 9.47 Å². The molecule has 0 fully saturated rings. The maximum absolute atomic E-state index is 13.7. The molecule has 0 aliphatic heterocycles. The Morgan fingerprint density at radius 1 is 1.35 bits per heavy atom. The second-order valence-electron chi connectivity index (χ2n) is 3.28. The molecule has 0 aliphatic carbocycles. The number of hydrogen-bond acceptors (Lipinski definition) is 4. The summed E-state index contributed by atoms with van der Waals surface area (Å²) < 4.78 is 45.2. The Bertz CT molecular complexity index is 489. The van der Waals surface area contributed by atoms with Gasteiger partial charge in [-0.25, -0.2) is 12.8 Å². The number of alkyl halides is 1. The molecule has 0 aromatic heterocycles. The molecule has 0 amide bonds. The van der Waals surface area contributed by atoms with E-state index in [0.717, 1.165) is 0 Å². The lowest BCUT2D eigenvalue weighted by atomic mass is 10.1. The van der Waals surface area contributed by atoms with Gasteiger partial charge in [-0.15, -0.1) is 0 Å². The molecule has 0 spiro atoms. The lowest BCUT2D eigenvalue weighted by Crippen LogP contribution is -2.07. The van der Waals surface area contributed by atoms with Gasteiger partial charge in [-0.3, -0.25) is 0 Å². The van der Waals surface area contributed by atoms with E-state index in [1.54, 1.807) is 0 Å². The predicted molar refractivity (Wildman–Crippen MR) is 63.0 cm³/mol. The standard InChI is InChI=1S/C10H12ClFO4S/c1-15-7-3-4-8(10(5-7)16-2)9(12)6-17(11,13)14/h3-5,9H,6H2,1-2H3. The third-order valence-electron chi connectivity index (χ3n) is 2.12. The summed E-state index contributed by atoms with van der Waals surface area (Å²) in [5.41, 5.74) is 0.123. The van der Waals surface area contributed by atoms with Gasteiger partial charge in [0.05, 0.1) is 14.2 Å². The van der Waals surface area contributed by atoms with Crippen molar-refractivity contribution in [3.8, 4) is 11.5 Å². The van der Waals surface area contributed by atoms with Gasteiger partial charge in [0.15, 0.2) is 0 Å². The van der Waals surface area contributed by atoms with E-state index in [-0.39, 0.29) is 11.3 Å². The molecule has 1 atom stereocenters. The van der Waals surface area contributed by atoms with Gasteiger partial charge in [0, 0.05) is 22.3 Å². The fourth-order valence-corrected chi connectivity index (χ4v) is 2.20. The third-order valence-corrected chi connectivity index (χ3v) is 3.19. The molecule has 1 unspecified atom stereocenters. The maximum atomic E-state index is 13.7. The van der Waals surface area contributed by atoms with E-state index in [1.807, 2.05) is 0 Å². The number of halogens is 2. The van der Waals surface area contributed by atoms with Crippen molar-refractivity contribution in [1.82, 2.24) is 0 Å². The Labute approximate surface area is 104 Å². The molecule has 0 N–H and O–H groups in total. The first kappa shape index (κ1) is 14.1. The number of methoxy groups -OCH3 is 2. The van der Waals surface area contributed by atoms with Crippen molar-refractivity contribution in [3.05, 3.63) is 23.8 Å². The van der Waals surface area contributed by atoms with Gasteiger partial charge in [0.2, 0.25) is 9.05 Å². The molecule has 1 aromatic rings. The van der Waals surface area contributed by atoms with Gasteiger partial charge >= 0.3 is 0 Å². The first-order chi connectivity index (χ1) is 7.87. The zero-order chi connectivity index (χ0) is 13.1. The minimum absolute atomic E-state index is 0.123. The van der Waals surface area contributed by atoms with Crippen LogP contribution in [0.3, 0.4) is 0 Å². The van der Waals surface area contributed by atoms with E-state index in [2.05, 4.69) is 0 Å². The van der Waals surface area contributed by atoms with Crippen LogP contribution in [0.5, 0.6) is 11.5 Å². The maximum Gasteiger partial charge on any atom is 0.235 e. The van der Waals surface area contributed by atoms with Crippen LogP contribution >= 0.6 is 10.7 Å². The Morgan fingerprint density at radius 3 is 2.47 bits per heavy atom. The topological polar surface area (TPSA) is 52.6 Å². The molecule has 1 rings (SSSR count). The predicted octanol–water partition coefficient (Wildman–Crippen LogP) is 2.28. The molecule has 0 heterocycles. The zero-order valence-electron chi connectivity index (χ0n) is 9.31. The highest BCUT2D eigenvalue weighted by molar-refractivity contribution is 8.13. The summed E-state index contributed by atoms with van der Waals surface area (Å²) in [6, 6.07) is 4.40. The first-order valence-corrected chi connectivity index (χ1v) is 7.13. The van der Waals surface area contributed by atoms with Crippen molar-refractivity contribution in [3.63, 3.8) is 0 Å². The van der Waals surface area contributed by atoms with E-state index < -0.39 is 21.0 Å². The van der Waals surface area contributed by atoms with Crippen LogP contribution in [0.1, 0.15) is 11.7 Å². The van der Waals surface area contributed by atoms with Crippen LogP contribution in [0.2, 0.25) is 0 Å². The second kappa shape index (κ2) is 5.55. The lowest BCUT2D eigenvalue weighted by molar-refractivity contribution is 0.344. The summed E-state index contributed by atoms with van der Waals surface area (Å²) >= 11 is 0. The third kappa shape index (κ3) is 4.05. The average Bonchev–Trinajstić information content (AvgIpc) is 2.25. The molecule has 1 aromatic carbocycles. The Kier molecular flexibility index (Phi) is 4.59. The normalized spacial score (nSPS) is 13.2. The summed E-state index contributed by atoms with van der Waals surface area (Å²) in [7, 11) is 3.92. The highest BCUT2D eigenvalue weighted by Gasteiger charge is 2.21. The number of benzene rings is 1. The SMILES string of the molecule is COc1ccc(C(F)CS(=O)(=O)Cl)c(OC)c1. The van der Waals surface area contributed by atoms with Crippen LogP contribution in [0.4, 0.5) is 4.39 Å². The van der Waals surface area contributed by atoms with Crippen LogP contribution in [0.15, 0.2) is 18.2 Å². The van der Waals surface area contributed by atoms with E-state index in [4.69, 9.17) is 20.2 Å². The molecular formula is C10H12ClFO4S. The monoisotopic (exact) mass is 282 g/mol.